The highest BCUT2D eigenvalue weighted by atomic mass is 79.9. The minimum atomic E-state index is 0.411. The highest BCUT2D eigenvalue weighted by molar-refractivity contribution is 9.10. The van der Waals surface area contributed by atoms with E-state index in [0.29, 0.717) is 6.04 Å². The van der Waals surface area contributed by atoms with Gasteiger partial charge in [0.2, 0.25) is 5.95 Å². The van der Waals surface area contributed by atoms with Gasteiger partial charge in [0.15, 0.2) is 0 Å². The molecule has 0 atom stereocenters. The first-order chi connectivity index (χ1) is 8.22. The van der Waals surface area contributed by atoms with Gasteiger partial charge in [-0.1, -0.05) is 0 Å². The SMILES string of the molecule is Brc1cnc(N2CC(n3cc(Br)cn3)C2)nc1. The van der Waals surface area contributed by atoms with Gasteiger partial charge in [0.05, 0.1) is 21.2 Å². The van der Waals surface area contributed by atoms with Crippen molar-refractivity contribution in [3.05, 3.63) is 33.7 Å². The van der Waals surface area contributed by atoms with E-state index in [9.17, 15) is 0 Å². The van der Waals surface area contributed by atoms with Crippen LogP contribution in [0.3, 0.4) is 0 Å². The number of halogens is 2. The van der Waals surface area contributed by atoms with Crippen LogP contribution in [0.25, 0.3) is 0 Å². The van der Waals surface area contributed by atoms with Crippen LogP contribution in [-0.2, 0) is 0 Å². The minimum Gasteiger partial charge on any atom is -0.336 e. The molecule has 0 N–H and O–H groups in total. The molecule has 0 saturated carbocycles. The smallest absolute Gasteiger partial charge is 0.225 e. The van der Waals surface area contributed by atoms with Crippen LogP contribution in [0, 0.1) is 0 Å². The van der Waals surface area contributed by atoms with Crippen LogP contribution < -0.4 is 4.90 Å². The van der Waals surface area contributed by atoms with E-state index in [4.69, 9.17) is 0 Å². The van der Waals surface area contributed by atoms with Gasteiger partial charge in [-0.3, -0.25) is 4.68 Å². The fourth-order valence-electron chi connectivity index (χ4n) is 1.77. The maximum Gasteiger partial charge on any atom is 0.225 e. The van der Waals surface area contributed by atoms with Crippen molar-refractivity contribution in [3.8, 4) is 0 Å². The van der Waals surface area contributed by atoms with E-state index in [1.54, 1.807) is 18.6 Å². The molecule has 1 saturated heterocycles. The van der Waals surface area contributed by atoms with E-state index in [1.165, 1.54) is 0 Å². The number of hydrogen-bond acceptors (Lipinski definition) is 4. The second-order valence-corrected chi connectivity index (χ2v) is 5.73. The fraction of sp³-hybridized carbons (Fsp3) is 0.300. The topological polar surface area (TPSA) is 46.8 Å². The molecule has 7 heteroatoms. The third-order valence-electron chi connectivity index (χ3n) is 2.70. The van der Waals surface area contributed by atoms with Crippen LogP contribution in [0.4, 0.5) is 5.95 Å². The van der Waals surface area contributed by atoms with Crippen molar-refractivity contribution in [2.75, 3.05) is 18.0 Å². The molecular formula is C10H9Br2N5. The third kappa shape index (κ3) is 2.21. The maximum absolute atomic E-state index is 4.27. The molecule has 1 fully saturated rings. The Hall–Kier alpha value is -0.950. The van der Waals surface area contributed by atoms with Crippen molar-refractivity contribution in [3.63, 3.8) is 0 Å². The Kier molecular flexibility index (Phi) is 2.87. The molecule has 1 aliphatic rings. The molecule has 0 unspecified atom stereocenters. The summed E-state index contributed by atoms with van der Waals surface area (Å²) < 4.78 is 3.88. The van der Waals surface area contributed by atoms with Gasteiger partial charge < -0.3 is 4.90 Å². The molecule has 0 radical (unpaired) electrons. The summed E-state index contributed by atoms with van der Waals surface area (Å²) in [5.74, 6) is 0.774. The molecule has 5 nitrogen and oxygen atoms in total. The molecule has 0 aliphatic carbocycles. The van der Waals surface area contributed by atoms with Gasteiger partial charge in [-0.05, 0) is 31.9 Å². The second kappa shape index (κ2) is 4.38. The third-order valence-corrected chi connectivity index (χ3v) is 3.51. The lowest BCUT2D eigenvalue weighted by atomic mass is 10.1. The van der Waals surface area contributed by atoms with Crippen molar-refractivity contribution in [1.82, 2.24) is 19.7 Å². The van der Waals surface area contributed by atoms with Crippen LogP contribution in [0.2, 0.25) is 0 Å². The first-order valence-corrected chi connectivity index (χ1v) is 6.73. The van der Waals surface area contributed by atoms with E-state index in [-0.39, 0.29) is 0 Å². The molecule has 2 aromatic rings. The number of aromatic nitrogens is 4. The minimum absolute atomic E-state index is 0.411. The summed E-state index contributed by atoms with van der Waals surface area (Å²) in [6.07, 6.45) is 7.32. The number of rotatable bonds is 2. The lowest BCUT2D eigenvalue weighted by Crippen LogP contribution is -2.48. The fourth-order valence-corrected chi connectivity index (χ4v) is 2.28. The summed E-state index contributed by atoms with van der Waals surface area (Å²) in [6.45, 7) is 1.80. The standard InChI is InChI=1S/C10H9Br2N5/c11-7-1-13-10(14-2-7)16-5-9(6-16)17-4-8(12)3-15-17/h1-4,9H,5-6H2. The van der Waals surface area contributed by atoms with Gasteiger partial charge in [-0.2, -0.15) is 5.10 Å². The quantitative estimate of drug-likeness (QED) is 0.826. The first-order valence-electron chi connectivity index (χ1n) is 5.14. The number of hydrogen-bond donors (Lipinski definition) is 0. The molecule has 3 rings (SSSR count). The monoisotopic (exact) mass is 357 g/mol. The Morgan fingerprint density at radius 1 is 1.06 bits per heavy atom. The lowest BCUT2D eigenvalue weighted by molar-refractivity contribution is 0.363. The first kappa shape index (κ1) is 11.2. The Balaban J connectivity index is 1.66. The largest absolute Gasteiger partial charge is 0.336 e. The summed E-state index contributed by atoms with van der Waals surface area (Å²) in [6, 6.07) is 0.411. The second-order valence-electron chi connectivity index (χ2n) is 3.90. The molecule has 0 amide bonds. The highest BCUT2D eigenvalue weighted by Crippen LogP contribution is 2.25. The zero-order valence-corrected chi connectivity index (χ0v) is 12.0. The zero-order chi connectivity index (χ0) is 11.8. The predicted molar refractivity (Wildman–Crippen MR) is 70.9 cm³/mol. The van der Waals surface area contributed by atoms with Gasteiger partial charge in [-0.15, -0.1) is 0 Å². The van der Waals surface area contributed by atoms with Gasteiger partial charge in [-0.25, -0.2) is 9.97 Å². The molecule has 1 aliphatic heterocycles. The molecule has 2 aromatic heterocycles. The summed E-state index contributed by atoms with van der Waals surface area (Å²) >= 11 is 6.72. The van der Waals surface area contributed by atoms with E-state index in [0.717, 1.165) is 28.0 Å². The van der Waals surface area contributed by atoms with Crippen molar-refractivity contribution in [1.29, 1.82) is 0 Å². The van der Waals surface area contributed by atoms with Crippen LogP contribution in [0.1, 0.15) is 6.04 Å². The average molecular weight is 359 g/mol. The van der Waals surface area contributed by atoms with Crippen LogP contribution >= 0.6 is 31.9 Å². The van der Waals surface area contributed by atoms with Crippen molar-refractivity contribution < 1.29 is 0 Å². The number of anilines is 1. The van der Waals surface area contributed by atoms with E-state index < -0.39 is 0 Å². The van der Waals surface area contributed by atoms with Gasteiger partial charge in [0, 0.05) is 31.7 Å². The van der Waals surface area contributed by atoms with Crippen LogP contribution in [0.5, 0.6) is 0 Å². The summed E-state index contributed by atoms with van der Waals surface area (Å²) in [4.78, 5) is 10.7. The van der Waals surface area contributed by atoms with Crippen LogP contribution in [-0.4, -0.2) is 32.8 Å². The molecular weight excluding hydrogens is 350 g/mol. The summed E-state index contributed by atoms with van der Waals surface area (Å²) in [5, 5.41) is 4.27. The average Bonchev–Trinajstić information content (AvgIpc) is 2.66. The van der Waals surface area contributed by atoms with Crippen molar-refractivity contribution in [2.45, 2.75) is 6.04 Å². The normalized spacial score (nSPS) is 16.0. The van der Waals surface area contributed by atoms with Gasteiger partial charge >= 0.3 is 0 Å². The van der Waals surface area contributed by atoms with Crippen LogP contribution in [0.15, 0.2) is 33.7 Å². The van der Waals surface area contributed by atoms with Gasteiger partial charge in [0.25, 0.3) is 0 Å². The molecule has 0 bridgehead atoms. The van der Waals surface area contributed by atoms with E-state index in [2.05, 4.69) is 51.8 Å². The summed E-state index contributed by atoms with van der Waals surface area (Å²) in [5.41, 5.74) is 0. The lowest BCUT2D eigenvalue weighted by Gasteiger charge is -2.39. The summed E-state index contributed by atoms with van der Waals surface area (Å²) in [7, 11) is 0. The van der Waals surface area contributed by atoms with Crippen molar-refractivity contribution in [2.24, 2.45) is 0 Å². The molecule has 0 aromatic carbocycles. The van der Waals surface area contributed by atoms with Crippen molar-refractivity contribution >= 4 is 37.8 Å². The highest BCUT2D eigenvalue weighted by Gasteiger charge is 2.30. The number of nitrogens with zero attached hydrogens (tertiary/aromatic N) is 5. The van der Waals surface area contributed by atoms with Gasteiger partial charge in [0.1, 0.15) is 0 Å². The molecule has 88 valence electrons. The van der Waals surface area contributed by atoms with E-state index >= 15 is 0 Å². The van der Waals surface area contributed by atoms with E-state index in [1.807, 2.05) is 10.9 Å². The Labute approximate surface area is 115 Å². The maximum atomic E-state index is 4.27. The zero-order valence-electron chi connectivity index (χ0n) is 8.79. The molecule has 17 heavy (non-hydrogen) atoms. The molecule has 0 spiro atoms. The Morgan fingerprint density at radius 2 is 1.76 bits per heavy atom. The Bertz CT molecular complexity index is 518. The Morgan fingerprint density at radius 3 is 2.35 bits per heavy atom. The molecule has 3 heterocycles. The predicted octanol–water partition coefficient (Wildman–Crippen LogP) is 2.26.